The van der Waals surface area contributed by atoms with Crippen LogP contribution in [0.4, 0.5) is 5.13 Å². The first-order chi connectivity index (χ1) is 9.24. The van der Waals surface area contributed by atoms with Crippen molar-refractivity contribution in [3.63, 3.8) is 0 Å². The molecule has 4 nitrogen and oxygen atoms in total. The maximum atomic E-state index is 11.3. The molecule has 0 spiro atoms. The van der Waals surface area contributed by atoms with E-state index in [-0.39, 0.29) is 0 Å². The van der Waals surface area contributed by atoms with Crippen molar-refractivity contribution >= 4 is 34.2 Å². The Labute approximate surface area is 121 Å². The van der Waals surface area contributed by atoms with Gasteiger partial charge in [0.2, 0.25) is 0 Å². The molecule has 2 unspecified atom stereocenters. The van der Waals surface area contributed by atoms with E-state index in [1.165, 1.54) is 23.5 Å². The highest BCUT2D eigenvalue weighted by molar-refractivity contribution is 7.99. The molecule has 6 heteroatoms. The van der Waals surface area contributed by atoms with Crippen LogP contribution in [-0.2, 0) is 11.2 Å². The van der Waals surface area contributed by atoms with Crippen LogP contribution in [0.1, 0.15) is 42.2 Å². The first-order valence-corrected chi connectivity index (χ1v) is 8.78. The van der Waals surface area contributed by atoms with Crippen molar-refractivity contribution in [2.24, 2.45) is 0 Å². The third-order valence-corrected chi connectivity index (χ3v) is 6.02. The van der Waals surface area contributed by atoms with E-state index in [0.29, 0.717) is 6.04 Å². The Bertz CT molecular complexity index is 469. The molecule has 2 atom stereocenters. The van der Waals surface area contributed by atoms with Crippen LogP contribution >= 0.6 is 23.1 Å². The monoisotopic (exact) mass is 298 g/mol. The Hall–Kier alpha value is -0.750. The Morgan fingerprint density at radius 1 is 1.37 bits per heavy atom. The van der Waals surface area contributed by atoms with Gasteiger partial charge in [-0.05, 0) is 37.9 Å². The Morgan fingerprint density at radius 2 is 2.26 bits per heavy atom. The van der Waals surface area contributed by atoms with Crippen LogP contribution in [-0.4, -0.2) is 33.6 Å². The number of thiazole rings is 1. The number of carboxylic acid groups (broad SMARTS) is 1. The molecule has 19 heavy (non-hydrogen) atoms. The minimum atomic E-state index is -0.731. The number of carboxylic acids is 1. The number of aryl methyl sites for hydroxylation is 1. The lowest BCUT2D eigenvalue weighted by Gasteiger charge is -2.21. The first kappa shape index (κ1) is 13.2. The van der Waals surface area contributed by atoms with E-state index in [1.54, 1.807) is 11.3 Å². The fourth-order valence-electron chi connectivity index (χ4n) is 2.75. The van der Waals surface area contributed by atoms with E-state index >= 15 is 0 Å². The molecular formula is C13H18N2O2S2. The Morgan fingerprint density at radius 3 is 3.00 bits per heavy atom. The first-order valence-electron chi connectivity index (χ1n) is 6.80. The summed E-state index contributed by atoms with van der Waals surface area (Å²) < 4.78 is 0. The van der Waals surface area contributed by atoms with E-state index in [2.05, 4.69) is 10.3 Å². The molecule has 0 aromatic carbocycles. The standard InChI is InChI=1S/C13H18N2O2S2/c16-12(17)9-4-1-5-10-11(9)15-13(19-10)14-8-3-2-6-18-7-8/h8-9H,1-7H2,(H,14,15)(H,16,17). The lowest BCUT2D eigenvalue weighted by Crippen LogP contribution is -2.25. The maximum Gasteiger partial charge on any atom is 0.312 e. The average Bonchev–Trinajstić information content (AvgIpc) is 2.81. The van der Waals surface area contributed by atoms with Crippen LogP contribution in [0.3, 0.4) is 0 Å². The molecule has 1 fully saturated rings. The van der Waals surface area contributed by atoms with E-state index in [9.17, 15) is 9.90 Å². The van der Waals surface area contributed by atoms with Crippen molar-refractivity contribution in [3.8, 4) is 0 Å². The summed E-state index contributed by atoms with van der Waals surface area (Å²) in [6, 6.07) is 0.495. The molecule has 104 valence electrons. The van der Waals surface area contributed by atoms with Crippen molar-refractivity contribution in [2.45, 2.75) is 44.1 Å². The number of carbonyl (C=O) groups is 1. The summed E-state index contributed by atoms with van der Waals surface area (Å²) in [7, 11) is 0. The molecule has 0 saturated carbocycles. The molecular weight excluding hydrogens is 280 g/mol. The zero-order valence-electron chi connectivity index (χ0n) is 10.7. The summed E-state index contributed by atoms with van der Waals surface area (Å²) in [5, 5.41) is 13.7. The van der Waals surface area contributed by atoms with Crippen LogP contribution in [0.25, 0.3) is 0 Å². The third kappa shape index (κ3) is 2.89. The largest absolute Gasteiger partial charge is 0.481 e. The van der Waals surface area contributed by atoms with E-state index < -0.39 is 11.9 Å². The molecule has 0 radical (unpaired) electrons. The predicted octanol–water partition coefficient (Wildman–Crippen LogP) is 2.96. The van der Waals surface area contributed by atoms with Crippen LogP contribution in [0.15, 0.2) is 0 Å². The van der Waals surface area contributed by atoms with E-state index in [1.807, 2.05) is 11.8 Å². The lowest BCUT2D eigenvalue weighted by atomic mass is 9.91. The van der Waals surface area contributed by atoms with Crippen molar-refractivity contribution in [2.75, 3.05) is 16.8 Å². The number of fused-ring (bicyclic) bond motifs is 1. The predicted molar refractivity (Wildman–Crippen MR) is 79.4 cm³/mol. The van der Waals surface area contributed by atoms with Crippen LogP contribution in [0.2, 0.25) is 0 Å². The molecule has 1 aliphatic carbocycles. The van der Waals surface area contributed by atoms with Crippen LogP contribution in [0.5, 0.6) is 0 Å². The van der Waals surface area contributed by atoms with Gasteiger partial charge in [-0.2, -0.15) is 11.8 Å². The van der Waals surface area contributed by atoms with Gasteiger partial charge in [-0.15, -0.1) is 11.3 Å². The number of hydrogen-bond acceptors (Lipinski definition) is 5. The van der Waals surface area contributed by atoms with Gasteiger partial charge in [0.1, 0.15) is 5.92 Å². The molecule has 1 saturated heterocycles. The molecule has 2 aliphatic rings. The lowest BCUT2D eigenvalue weighted by molar-refractivity contribution is -0.139. The fraction of sp³-hybridized carbons (Fsp3) is 0.692. The summed E-state index contributed by atoms with van der Waals surface area (Å²) in [4.78, 5) is 17.0. The molecule has 2 N–H and O–H groups in total. The quantitative estimate of drug-likeness (QED) is 0.898. The summed E-state index contributed by atoms with van der Waals surface area (Å²) >= 11 is 3.64. The molecule has 1 aromatic rings. The number of nitrogens with one attached hydrogen (secondary N) is 1. The fourth-order valence-corrected chi connectivity index (χ4v) is 4.96. The second-order valence-corrected chi connectivity index (χ2v) is 7.40. The normalized spacial score (nSPS) is 26.7. The number of nitrogens with zero attached hydrogens (tertiary/aromatic N) is 1. The van der Waals surface area contributed by atoms with Gasteiger partial charge in [-0.3, -0.25) is 4.79 Å². The highest BCUT2D eigenvalue weighted by Gasteiger charge is 2.30. The van der Waals surface area contributed by atoms with Crippen LogP contribution in [0, 0.1) is 0 Å². The van der Waals surface area contributed by atoms with Gasteiger partial charge in [-0.25, -0.2) is 4.98 Å². The summed E-state index contributed by atoms with van der Waals surface area (Å²) in [6.45, 7) is 0. The average molecular weight is 298 g/mol. The number of thioether (sulfide) groups is 1. The van der Waals surface area contributed by atoms with Crippen molar-refractivity contribution in [3.05, 3.63) is 10.6 Å². The van der Waals surface area contributed by atoms with Crippen molar-refractivity contribution < 1.29 is 9.90 Å². The zero-order chi connectivity index (χ0) is 13.2. The van der Waals surface area contributed by atoms with E-state index in [0.717, 1.165) is 35.8 Å². The molecule has 2 heterocycles. The van der Waals surface area contributed by atoms with Crippen molar-refractivity contribution in [1.82, 2.24) is 4.98 Å². The highest BCUT2D eigenvalue weighted by Crippen LogP contribution is 2.37. The summed E-state index contributed by atoms with van der Waals surface area (Å²) in [6.07, 6.45) is 5.12. The minimum Gasteiger partial charge on any atom is -0.481 e. The smallest absolute Gasteiger partial charge is 0.312 e. The Balaban J connectivity index is 1.75. The van der Waals surface area contributed by atoms with Crippen molar-refractivity contribution in [1.29, 1.82) is 0 Å². The molecule has 1 aliphatic heterocycles. The van der Waals surface area contributed by atoms with Gasteiger partial charge in [-0.1, -0.05) is 0 Å². The van der Waals surface area contributed by atoms with E-state index in [4.69, 9.17) is 0 Å². The van der Waals surface area contributed by atoms with Crippen LogP contribution < -0.4 is 5.32 Å². The second-order valence-electron chi connectivity index (χ2n) is 5.17. The summed E-state index contributed by atoms with van der Waals surface area (Å²) in [5.41, 5.74) is 0.815. The summed E-state index contributed by atoms with van der Waals surface area (Å²) in [5.74, 6) is 1.27. The number of aliphatic carboxylic acids is 1. The van der Waals surface area contributed by atoms with Gasteiger partial charge >= 0.3 is 5.97 Å². The topological polar surface area (TPSA) is 62.2 Å². The van der Waals surface area contributed by atoms with Gasteiger partial charge in [0.05, 0.1) is 5.69 Å². The molecule has 0 bridgehead atoms. The SMILES string of the molecule is O=C(O)C1CCCc2sc(NC3CCCSC3)nc21. The van der Waals surface area contributed by atoms with Gasteiger partial charge in [0.25, 0.3) is 0 Å². The molecule has 0 amide bonds. The van der Waals surface area contributed by atoms with Gasteiger partial charge in [0.15, 0.2) is 5.13 Å². The zero-order valence-corrected chi connectivity index (χ0v) is 12.4. The number of hydrogen-bond donors (Lipinski definition) is 2. The number of rotatable bonds is 3. The third-order valence-electron chi connectivity index (χ3n) is 3.74. The van der Waals surface area contributed by atoms with Gasteiger partial charge < -0.3 is 10.4 Å². The molecule has 1 aromatic heterocycles. The number of anilines is 1. The molecule has 3 rings (SSSR count). The second kappa shape index (κ2) is 5.71. The number of aromatic nitrogens is 1. The Kier molecular flexibility index (Phi) is 3.98. The highest BCUT2D eigenvalue weighted by atomic mass is 32.2. The van der Waals surface area contributed by atoms with Gasteiger partial charge in [0, 0.05) is 16.7 Å². The maximum absolute atomic E-state index is 11.3. The minimum absolute atomic E-state index is 0.392.